The van der Waals surface area contributed by atoms with Crippen LogP contribution in [0.2, 0.25) is 0 Å². The number of aliphatic carboxylic acids is 1. The van der Waals surface area contributed by atoms with Crippen LogP contribution in [0.1, 0.15) is 12.8 Å². The first-order valence-electron chi connectivity index (χ1n) is 5.45. The van der Waals surface area contributed by atoms with Crippen LogP contribution in [-0.4, -0.2) is 36.9 Å². The zero-order chi connectivity index (χ0) is 13.4. The lowest BCUT2D eigenvalue weighted by Crippen LogP contribution is -2.43. The smallest absolute Gasteiger partial charge is 0.326 e. The number of rotatable bonds is 7. The minimum absolute atomic E-state index is 0.334. The summed E-state index contributed by atoms with van der Waals surface area (Å²) in [7, 11) is 1.55. The normalized spacial score (nSPS) is 11.8. The van der Waals surface area contributed by atoms with Crippen LogP contribution >= 0.6 is 11.3 Å². The van der Waals surface area contributed by atoms with Gasteiger partial charge in [-0.15, -0.1) is 0 Å². The van der Waals surface area contributed by atoms with E-state index < -0.39 is 18.0 Å². The first-order chi connectivity index (χ1) is 8.63. The molecule has 0 saturated carbocycles. The quantitative estimate of drug-likeness (QED) is 0.660. The topological polar surface area (TPSA) is 87.7 Å². The van der Waals surface area contributed by atoms with E-state index in [-0.39, 0.29) is 0 Å². The predicted octanol–water partition coefficient (Wildman–Crippen LogP) is 1.75. The van der Waals surface area contributed by atoms with Crippen molar-refractivity contribution in [2.24, 2.45) is 0 Å². The number of carbonyl (C=O) groups excluding carboxylic acids is 1. The van der Waals surface area contributed by atoms with E-state index in [1.807, 2.05) is 5.38 Å². The van der Waals surface area contributed by atoms with E-state index in [9.17, 15) is 9.59 Å². The molecule has 0 aliphatic carbocycles. The van der Waals surface area contributed by atoms with Gasteiger partial charge in [-0.05, 0) is 24.3 Å². The second-order valence-corrected chi connectivity index (χ2v) is 4.42. The molecule has 0 aliphatic heterocycles. The highest BCUT2D eigenvalue weighted by Gasteiger charge is 2.19. The van der Waals surface area contributed by atoms with Crippen molar-refractivity contribution in [1.82, 2.24) is 5.32 Å². The summed E-state index contributed by atoms with van der Waals surface area (Å²) in [5, 5.41) is 17.5. The first-order valence-corrected chi connectivity index (χ1v) is 6.39. The summed E-state index contributed by atoms with van der Waals surface area (Å²) < 4.78 is 4.84. The zero-order valence-electron chi connectivity index (χ0n) is 10.0. The van der Waals surface area contributed by atoms with Crippen molar-refractivity contribution >= 4 is 29.0 Å². The van der Waals surface area contributed by atoms with Gasteiger partial charge in [0.2, 0.25) is 0 Å². The van der Waals surface area contributed by atoms with Crippen molar-refractivity contribution in [3.63, 3.8) is 0 Å². The van der Waals surface area contributed by atoms with Crippen LogP contribution in [0, 0.1) is 0 Å². The molecule has 6 nitrogen and oxygen atoms in total. The maximum Gasteiger partial charge on any atom is 0.326 e. The third kappa shape index (κ3) is 5.15. The number of thiophene rings is 1. The van der Waals surface area contributed by atoms with Crippen LogP contribution in [0.4, 0.5) is 10.5 Å². The molecular formula is C11H16N2O4S. The molecule has 0 bridgehead atoms. The van der Waals surface area contributed by atoms with Gasteiger partial charge in [-0.1, -0.05) is 0 Å². The average Bonchev–Trinajstić information content (AvgIpc) is 2.80. The van der Waals surface area contributed by atoms with Crippen LogP contribution in [-0.2, 0) is 9.53 Å². The number of urea groups is 1. The minimum atomic E-state index is -1.05. The molecule has 3 N–H and O–H groups in total. The fourth-order valence-electron chi connectivity index (χ4n) is 1.35. The molecule has 0 spiro atoms. The van der Waals surface area contributed by atoms with Crippen molar-refractivity contribution in [3.05, 3.63) is 16.8 Å². The second kappa shape index (κ2) is 7.67. The number of carboxylic acids is 1. The van der Waals surface area contributed by atoms with Crippen LogP contribution in [0.5, 0.6) is 0 Å². The third-order valence-corrected chi connectivity index (χ3v) is 2.91. The SMILES string of the molecule is COCCCC(NC(=O)Nc1ccsc1)C(=O)O. The number of carbonyl (C=O) groups is 2. The Labute approximate surface area is 109 Å². The summed E-state index contributed by atoms with van der Waals surface area (Å²) in [5.74, 6) is -1.05. The molecule has 7 heteroatoms. The van der Waals surface area contributed by atoms with E-state index in [1.54, 1.807) is 18.6 Å². The standard InChI is InChI=1S/C11H16N2O4S/c1-17-5-2-3-9(10(14)15)13-11(16)12-8-4-6-18-7-8/h4,6-7,9H,2-3,5H2,1H3,(H,14,15)(H2,12,13,16). The van der Waals surface area contributed by atoms with Gasteiger partial charge in [0.1, 0.15) is 6.04 Å². The summed E-state index contributed by atoms with van der Waals surface area (Å²) >= 11 is 1.45. The van der Waals surface area contributed by atoms with Crippen molar-refractivity contribution < 1.29 is 19.4 Å². The molecule has 18 heavy (non-hydrogen) atoms. The largest absolute Gasteiger partial charge is 0.480 e. The number of amides is 2. The van der Waals surface area contributed by atoms with E-state index in [0.29, 0.717) is 25.1 Å². The van der Waals surface area contributed by atoms with E-state index in [2.05, 4.69) is 10.6 Å². The molecule has 1 heterocycles. The highest BCUT2D eigenvalue weighted by molar-refractivity contribution is 7.08. The second-order valence-electron chi connectivity index (χ2n) is 3.64. The molecule has 0 saturated heterocycles. The Morgan fingerprint density at radius 3 is 2.89 bits per heavy atom. The highest BCUT2D eigenvalue weighted by atomic mass is 32.1. The van der Waals surface area contributed by atoms with Crippen LogP contribution in [0.25, 0.3) is 0 Å². The molecule has 2 amide bonds. The maximum absolute atomic E-state index is 11.5. The molecule has 100 valence electrons. The summed E-state index contributed by atoms with van der Waals surface area (Å²) in [6, 6.07) is 0.322. The molecule has 0 fully saturated rings. The van der Waals surface area contributed by atoms with Gasteiger partial charge in [-0.25, -0.2) is 9.59 Å². The lowest BCUT2D eigenvalue weighted by Gasteiger charge is -2.14. The molecule has 1 rings (SSSR count). The maximum atomic E-state index is 11.5. The average molecular weight is 272 g/mol. The molecule has 0 aliphatic rings. The van der Waals surface area contributed by atoms with Crippen molar-refractivity contribution in [3.8, 4) is 0 Å². The third-order valence-electron chi connectivity index (χ3n) is 2.22. The van der Waals surface area contributed by atoms with Gasteiger partial charge in [-0.2, -0.15) is 11.3 Å². The summed E-state index contributed by atoms with van der Waals surface area (Å²) in [6.07, 6.45) is 0.909. The lowest BCUT2D eigenvalue weighted by atomic mass is 10.1. The zero-order valence-corrected chi connectivity index (χ0v) is 10.8. The van der Waals surface area contributed by atoms with Gasteiger partial charge in [0, 0.05) is 19.1 Å². The predicted molar refractivity (Wildman–Crippen MR) is 69.0 cm³/mol. The Kier molecular flexibility index (Phi) is 6.16. The number of hydrogen-bond acceptors (Lipinski definition) is 4. The molecule has 0 aromatic carbocycles. The Morgan fingerprint density at radius 2 is 2.33 bits per heavy atom. The Hall–Kier alpha value is -1.60. The van der Waals surface area contributed by atoms with E-state index in [4.69, 9.17) is 9.84 Å². The monoisotopic (exact) mass is 272 g/mol. The van der Waals surface area contributed by atoms with Gasteiger partial charge < -0.3 is 20.5 Å². The molecule has 1 aromatic heterocycles. The molecule has 0 radical (unpaired) electrons. The van der Waals surface area contributed by atoms with Gasteiger partial charge in [0.25, 0.3) is 0 Å². The van der Waals surface area contributed by atoms with Gasteiger partial charge in [0.05, 0.1) is 5.69 Å². The van der Waals surface area contributed by atoms with Gasteiger partial charge in [-0.3, -0.25) is 0 Å². The van der Waals surface area contributed by atoms with Crippen LogP contribution in [0.3, 0.4) is 0 Å². The number of carboxylic acid groups (broad SMARTS) is 1. The van der Waals surface area contributed by atoms with E-state index in [0.717, 1.165) is 0 Å². The molecular weight excluding hydrogens is 256 g/mol. The Bertz CT molecular complexity index is 380. The number of hydrogen-bond donors (Lipinski definition) is 3. The Morgan fingerprint density at radius 1 is 1.56 bits per heavy atom. The minimum Gasteiger partial charge on any atom is -0.480 e. The van der Waals surface area contributed by atoms with E-state index in [1.165, 1.54) is 11.3 Å². The highest BCUT2D eigenvalue weighted by Crippen LogP contribution is 2.11. The molecule has 1 unspecified atom stereocenters. The summed E-state index contributed by atoms with van der Waals surface area (Å²) in [4.78, 5) is 22.5. The van der Waals surface area contributed by atoms with Gasteiger partial charge in [0.15, 0.2) is 0 Å². The fourth-order valence-corrected chi connectivity index (χ4v) is 1.94. The lowest BCUT2D eigenvalue weighted by molar-refractivity contribution is -0.139. The number of anilines is 1. The van der Waals surface area contributed by atoms with Crippen LogP contribution < -0.4 is 10.6 Å². The van der Waals surface area contributed by atoms with Crippen LogP contribution in [0.15, 0.2) is 16.8 Å². The number of ether oxygens (including phenoxy) is 1. The summed E-state index contributed by atoms with van der Waals surface area (Å²) in [5.41, 5.74) is 0.651. The first kappa shape index (κ1) is 14.5. The van der Waals surface area contributed by atoms with Crippen molar-refractivity contribution in [2.75, 3.05) is 19.0 Å². The van der Waals surface area contributed by atoms with Gasteiger partial charge >= 0.3 is 12.0 Å². The van der Waals surface area contributed by atoms with E-state index >= 15 is 0 Å². The summed E-state index contributed by atoms with van der Waals surface area (Å²) in [6.45, 7) is 0.470. The fraction of sp³-hybridized carbons (Fsp3) is 0.455. The molecule has 1 atom stereocenters. The molecule has 1 aromatic rings. The Balaban J connectivity index is 2.40. The van der Waals surface area contributed by atoms with Crippen molar-refractivity contribution in [1.29, 1.82) is 0 Å². The van der Waals surface area contributed by atoms with Crippen molar-refractivity contribution in [2.45, 2.75) is 18.9 Å². The number of nitrogens with one attached hydrogen (secondary N) is 2. The number of methoxy groups -OCH3 is 1.